The predicted octanol–water partition coefficient (Wildman–Crippen LogP) is 1.32. The Hall–Kier alpha value is -0.610. The lowest BCUT2D eigenvalue weighted by molar-refractivity contribution is -0.185. The van der Waals surface area contributed by atoms with Crippen LogP contribution < -0.4 is 0 Å². The Morgan fingerprint density at radius 1 is 1.43 bits per heavy atom. The maximum Gasteiger partial charge on any atom is 0.305 e. The van der Waals surface area contributed by atoms with Gasteiger partial charge in [0, 0.05) is 13.5 Å². The predicted molar refractivity (Wildman–Crippen MR) is 52.6 cm³/mol. The molecule has 2 unspecified atom stereocenters. The smallest absolute Gasteiger partial charge is 0.305 e. The second kappa shape index (κ2) is 6.79. The molecule has 4 heteroatoms. The highest BCUT2D eigenvalue weighted by Crippen LogP contribution is 2.13. The van der Waals surface area contributed by atoms with Gasteiger partial charge in [0.05, 0.1) is 0 Å². The van der Waals surface area contributed by atoms with E-state index in [4.69, 9.17) is 9.47 Å². The van der Waals surface area contributed by atoms with Crippen molar-refractivity contribution in [3.05, 3.63) is 0 Å². The number of aliphatic hydroxyl groups excluding tert-OH is 1. The van der Waals surface area contributed by atoms with Crippen LogP contribution in [0.3, 0.4) is 0 Å². The minimum atomic E-state index is -1.03. The third-order valence-corrected chi connectivity index (χ3v) is 1.83. The van der Waals surface area contributed by atoms with E-state index in [0.29, 0.717) is 18.8 Å². The zero-order valence-corrected chi connectivity index (χ0v) is 9.32. The molecule has 0 saturated heterocycles. The molecule has 0 bridgehead atoms. The maximum atomic E-state index is 11.0. The Labute approximate surface area is 85.2 Å². The summed E-state index contributed by atoms with van der Waals surface area (Å²) >= 11 is 0. The van der Waals surface area contributed by atoms with Crippen molar-refractivity contribution in [2.75, 3.05) is 7.11 Å². The minimum Gasteiger partial charge on any atom is -0.457 e. The van der Waals surface area contributed by atoms with Gasteiger partial charge in [-0.05, 0) is 12.3 Å². The molecule has 84 valence electrons. The molecule has 0 amide bonds. The van der Waals surface area contributed by atoms with Gasteiger partial charge in [0.25, 0.3) is 0 Å². The molecule has 0 aromatic heterocycles. The van der Waals surface area contributed by atoms with Crippen molar-refractivity contribution in [2.24, 2.45) is 5.92 Å². The molecule has 0 aliphatic rings. The summed E-state index contributed by atoms with van der Waals surface area (Å²) in [4.78, 5) is 11.0. The maximum absolute atomic E-state index is 11.0. The molecular weight excluding hydrogens is 184 g/mol. The first-order chi connectivity index (χ1) is 6.51. The fourth-order valence-electron chi connectivity index (χ4n) is 1.09. The van der Waals surface area contributed by atoms with Gasteiger partial charge in [-0.1, -0.05) is 20.8 Å². The van der Waals surface area contributed by atoms with Crippen LogP contribution in [0.1, 0.15) is 33.6 Å². The highest BCUT2D eigenvalue weighted by atomic mass is 16.6. The number of rotatable bonds is 6. The van der Waals surface area contributed by atoms with Crippen molar-refractivity contribution >= 4 is 5.97 Å². The van der Waals surface area contributed by atoms with Crippen LogP contribution in [0, 0.1) is 5.92 Å². The van der Waals surface area contributed by atoms with E-state index in [0.717, 1.165) is 0 Å². The Kier molecular flexibility index (Phi) is 6.49. The summed E-state index contributed by atoms with van der Waals surface area (Å²) in [7, 11) is 1.39. The summed E-state index contributed by atoms with van der Waals surface area (Å²) in [5.41, 5.74) is 0. The third-order valence-electron chi connectivity index (χ3n) is 1.83. The average molecular weight is 204 g/mol. The van der Waals surface area contributed by atoms with Gasteiger partial charge in [-0.2, -0.15) is 0 Å². The fraction of sp³-hybridized carbons (Fsp3) is 0.900. The number of ether oxygens (including phenoxy) is 2. The van der Waals surface area contributed by atoms with Gasteiger partial charge in [0.15, 0.2) is 12.4 Å². The molecule has 0 fully saturated rings. The van der Waals surface area contributed by atoms with Crippen LogP contribution in [0.25, 0.3) is 0 Å². The van der Waals surface area contributed by atoms with Crippen LogP contribution in [0.4, 0.5) is 0 Å². The van der Waals surface area contributed by atoms with Crippen molar-refractivity contribution in [2.45, 2.75) is 46.0 Å². The van der Waals surface area contributed by atoms with E-state index in [9.17, 15) is 9.90 Å². The Morgan fingerprint density at radius 3 is 2.36 bits per heavy atom. The first-order valence-electron chi connectivity index (χ1n) is 4.91. The summed E-state index contributed by atoms with van der Waals surface area (Å²) in [5, 5.41) is 9.41. The van der Waals surface area contributed by atoms with Crippen LogP contribution in [0.15, 0.2) is 0 Å². The SMILES string of the molecule is CCC(=O)OC(CC(C)C)C(O)OC. The van der Waals surface area contributed by atoms with E-state index >= 15 is 0 Å². The van der Waals surface area contributed by atoms with Crippen LogP contribution in [-0.4, -0.2) is 30.6 Å². The molecule has 0 saturated carbocycles. The van der Waals surface area contributed by atoms with Crippen LogP contribution in [0.2, 0.25) is 0 Å². The van der Waals surface area contributed by atoms with E-state index in [-0.39, 0.29) is 5.97 Å². The minimum absolute atomic E-state index is 0.311. The summed E-state index contributed by atoms with van der Waals surface area (Å²) in [6, 6.07) is 0. The van der Waals surface area contributed by atoms with Crippen molar-refractivity contribution in [1.82, 2.24) is 0 Å². The van der Waals surface area contributed by atoms with Crippen LogP contribution in [-0.2, 0) is 14.3 Å². The standard InChI is InChI=1S/C10H20O4/c1-5-9(11)14-8(6-7(2)3)10(12)13-4/h7-8,10,12H,5-6H2,1-4H3. The molecule has 0 radical (unpaired) electrons. The molecule has 4 nitrogen and oxygen atoms in total. The molecule has 0 heterocycles. The van der Waals surface area contributed by atoms with Gasteiger partial charge in [-0.25, -0.2) is 0 Å². The lowest BCUT2D eigenvalue weighted by Gasteiger charge is -2.23. The van der Waals surface area contributed by atoms with Crippen molar-refractivity contribution < 1.29 is 19.4 Å². The Morgan fingerprint density at radius 2 is 2.00 bits per heavy atom. The van der Waals surface area contributed by atoms with Crippen molar-refractivity contribution in [1.29, 1.82) is 0 Å². The molecule has 0 aromatic carbocycles. The first-order valence-corrected chi connectivity index (χ1v) is 4.91. The summed E-state index contributed by atoms with van der Waals surface area (Å²) in [5.74, 6) is 0.0289. The molecule has 2 atom stereocenters. The third kappa shape index (κ3) is 5.19. The quantitative estimate of drug-likeness (QED) is 0.523. The number of aliphatic hydroxyl groups is 1. The molecular formula is C10H20O4. The number of esters is 1. The zero-order chi connectivity index (χ0) is 11.1. The molecule has 0 spiro atoms. The second-order valence-electron chi connectivity index (χ2n) is 3.64. The van der Waals surface area contributed by atoms with E-state index in [1.54, 1.807) is 6.92 Å². The molecule has 0 aliphatic heterocycles. The molecule has 1 N–H and O–H groups in total. The number of methoxy groups -OCH3 is 1. The highest BCUT2D eigenvalue weighted by Gasteiger charge is 2.23. The van der Waals surface area contributed by atoms with Crippen LogP contribution in [0.5, 0.6) is 0 Å². The van der Waals surface area contributed by atoms with Gasteiger partial charge in [-0.15, -0.1) is 0 Å². The van der Waals surface area contributed by atoms with E-state index < -0.39 is 12.4 Å². The van der Waals surface area contributed by atoms with E-state index in [2.05, 4.69) is 0 Å². The van der Waals surface area contributed by atoms with Crippen LogP contribution >= 0.6 is 0 Å². The summed E-state index contributed by atoms with van der Waals surface area (Å²) in [6.07, 6.45) is -0.688. The lowest BCUT2D eigenvalue weighted by atomic mass is 10.1. The molecule has 0 rings (SSSR count). The Balaban J connectivity index is 4.16. The zero-order valence-electron chi connectivity index (χ0n) is 9.32. The Bertz CT molecular complexity index is 168. The second-order valence-corrected chi connectivity index (χ2v) is 3.64. The first kappa shape index (κ1) is 13.4. The molecule has 0 aromatic rings. The number of carbonyl (C=O) groups excluding carboxylic acids is 1. The number of hydrogen-bond acceptors (Lipinski definition) is 4. The van der Waals surface area contributed by atoms with Gasteiger partial charge in [-0.3, -0.25) is 4.79 Å². The number of hydrogen-bond donors (Lipinski definition) is 1. The average Bonchev–Trinajstić information content (AvgIpc) is 2.14. The fourth-order valence-corrected chi connectivity index (χ4v) is 1.09. The van der Waals surface area contributed by atoms with E-state index in [1.807, 2.05) is 13.8 Å². The normalized spacial score (nSPS) is 15.3. The van der Waals surface area contributed by atoms with Gasteiger partial charge < -0.3 is 14.6 Å². The lowest BCUT2D eigenvalue weighted by Crippen LogP contribution is -2.33. The largest absolute Gasteiger partial charge is 0.457 e. The highest BCUT2D eigenvalue weighted by molar-refractivity contribution is 5.69. The summed E-state index contributed by atoms with van der Waals surface area (Å²) in [6.45, 7) is 5.71. The number of carbonyl (C=O) groups is 1. The van der Waals surface area contributed by atoms with Gasteiger partial charge in [0.1, 0.15) is 0 Å². The van der Waals surface area contributed by atoms with Crippen molar-refractivity contribution in [3.8, 4) is 0 Å². The van der Waals surface area contributed by atoms with Crippen molar-refractivity contribution in [3.63, 3.8) is 0 Å². The summed E-state index contributed by atoms with van der Waals surface area (Å²) < 4.78 is 9.79. The monoisotopic (exact) mass is 204 g/mol. The van der Waals surface area contributed by atoms with Gasteiger partial charge in [0.2, 0.25) is 0 Å². The topological polar surface area (TPSA) is 55.8 Å². The van der Waals surface area contributed by atoms with Gasteiger partial charge >= 0.3 is 5.97 Å². The van der Waals surface area contributed by atoms with E-state index in [1.165, 1.54) is 7.11 Å². The molecule has 0 aliphatic carbocycles. The molecule has 14 heavy (non-hydrogen) atoms.